The lowest BCUT2D eigenvalue weighted by Gasteiger charge is -2.13. The summed E-state index contributed by atoms with van der Waals surface area (Å²) in [5.74, 6) is 0.949. The molecule has 0 bridgehead atoms. The van der Waals surface area contributed by atoms with Crippen molar-refractivity contribution in [3.05, 3.63) is 63.6 Å². The molecule has 0 aliphatic carbocycles. The van der Waals surface area contributed by atoms with Crippen LogP contribution in [0.25, 0.3) is 0 Å². The first-order valence-electron chi connectivity index (χ1n) is 6.13. The molecular formula is C15H13Cl2NO. The van der Waals surface area contributed by atoms with Gasteiger partial charge in [-0.25, -0.2) is 0 Å². The van der Waals surface area contributed by atoms with E-state index < -0.39 is 0 Å². The summed E-state index contributed by atoms with van der Waals surface area (Å²) in [5, 5.41) is 4.82. The van der Waals surface area contributed by atoms with Crippen LogP contribution in [0.3, 0.4) is 0 Å². The van der Waals surface area contributed by atoms with Crippen molar-refractivity contribution >= 4 is 23.2 Å². The van der Waals surface area contributed by atoms with Crippen molar-refractivity contribution in [2.24, 2.45) is 0 Å². The fraction of sp³-hybridized carbons (Fsp3) is 0.200. The summed E-state index contributed by atoms with van der Waals surface area (Å²) in [6.45, 7) is 1.27. The van der Waals surface area contributed by atoms with E-state index in [1.807, 2.05) is 36.4 Å². The third-order valence-electron chi connectivity index (χ3n) is 3.29. The molecule has 0 saturated heterocycles. The first kappa shape index (κ1) is 12.8. The maximum absolute atomic E-state index is 6.16. The number of hydrogen-bond donors (Lipinski definition) is 1. The SMILES string of the molecule is Clc1cccc(Cl)c1CNC1COc2ccccc21. The number of hydrogen-bond acceptors (Lipinski definition) is 2. The molecule has 0 fully saturated rings. The second-order valence-corrected chi connectivity index (χ2v) is 5.30. The topological polar surface area (TPSA) is 21.3 Å². The van der Waals surface area contributed by atoms with Crippen molar-refractivity contribution in [1.82, 2.24) is 5.32 Å². The van der Waals surface area contributed by atoms with E-state index in [0.29, 0.717) is 23.2 Å². The Morgan fingerprint density at radius 3 is 2.58 bits per heavy atom. The molecule has 4 heteroatoms. The number of nitrogens with one attached hydrogen (secondary N) is 1. The molecule has 0 saturated carbocycles. The first-order valence-corrected chi connectivity index (χ1v) is 6.89. The molecule has 98 valence electrons. The predicted molar refractivity (Wildman–Crippen MR) is 78.0 cm³/mol. The van der Waals surface area contributed by atoms with Gasteiger partial charge in [-0.2, -0.15) is 0 Å². The lowest BCUT2D eigenvalue weighted by Crippen LogP contribution is -2.22. The summed E-state index contributed by atoms with van der Waals surface area (Å²) in [6.07, 6.45) is 0. The van der Waals surface area contributed by atoms with Gasteiger partial charge in [-0.05, 0) is 18.2 Å². The van der Waals surface area contributed by atoms with E-state index >= 15 is 0 Å². The number of para-hydroxylation sites is 1. The van der Waals surface area contributed by atoms with E-state index in [1.54, 1.807) is 0 Å². The lowest BCUT2D eigenvalue weighted by atomic mass is 10.1. The zero-order valence-corrected chi connectivity index (χ0v) is 11.7. The average molecular weight is 294 g/mol. The molecule has 1 aliphatic rings. The van der Waals surface area contributed by atoms with Crippen LogP contribution in [0.5, 0.6) is 5.75 Å². The van der Waals surface area contributed by atoms with E-state index in [-0.39, 0.29) is 6.04 Å². The maximum Gasteiger partial charge on any atom is 0.124 e. The van der Waals surface area contributed by atoms with Gasteiger partial charge in [0.15, 0.2) is 0 Å². The second-order valence-electron chi connectivity index (χ2n) is 4.48. The zero-order chi connectivity index (χ0) is 13.2. The summed E-state index contributed by atoms with van der Waals surface area (Å²) < 4.78 is 5.63. The van der Waals surface area contributed by atoms with Crippen molar-refractivity contribution in [3.63, 3.8) is 0 Å². The van der Waals surface area contributed by atoms with Crippen molar-refractivity contribution < 1.29 is 4.74 Å². The normalized spacial score (nSPS) is 17.1. The van der Waals surface area contributed by atoms with Gasteiger partial charge in [-0.15, -0.1) is 0 Å². The molecule has 19 heavy (non-hydrogen) atoms. The molecule has 3 rings (SSSR count). The summed E-state index contributed by atoms with van der Waals surface area (Å²) in [5.41, 5.74) is 2.11. The van der Waals surface area contributed by atoms with Crippen LogP contribution in [0.1, 0.15) is 17.2 Å². The Morgan fingerprint density at radius 1 is 1.05 bits per heavy atom. The molecule has 2 nitrogen and oxygen atoms in total. The summed E-state index contributed by atoms with van der Waals surface area (Å²) >= 11 is 12.3. The van der Waals surface area contributed by atoms with Crippen LogP contribution in [0.15, 0.2) is 42.5 Å². The largest absolute Gasteiger partial charge is 0.491 e. The highest BCUT2D eigenvalue weighted by molar-refractivity contribution is 6.35. The minimum Gasteiger partial charge on any atom is -0.491 e. The van der Waals surface area contributed by atoms with Gasteiger partial charge < -0.3 is 10.1 Å². The minimum atomic E-state index is 0.184. The molecular weight excluding hydrogens is 281 g/mol. The molecule has 0 aromatic heterocycles. The van der Waals surface area contributed by atoms with Gasteiger partial charge in [-0.1, -0.05) is 47.5 Å². The zero-order valence-electron chi connectivity index (χ0n) is 10.2. The van der Waals surface area contributed by atoms with Crippen LogP contribution in [0.4, 0.5) is 0 Å². The van der Waals surface area contributed by atoms with E-state index in [2.05, 4.69) is 11.4 Å². The van der Waals surface area contributed by atoms with Crippen molar-refractivity contribution in [2.45, 2.75) is 12.6 Å². The van der Waals surface area contributed by atoms with Crippen molar-refractivity contribution in [1.29, 1.82) is 0 Å². The number of rotatable bonds is 3. The van der Waals surface area contributed by atoms with Crippen LogP contribution in [0, 0.1) is 0 Å². The standard InChI is InChI=1S/C15H13Cl2NO/c16-12-5-3-6-13(17)11(12)8-18-14-9-19-15-7-2-1-4-10(14)15/h1-7,14,18H,8-9H2. The first-order chi connectivity index (χ1) is 9.25. The molecule has 1 atom stereocenters. The average Bonchev–Trinajstić information content (AvgIpc) is 2.82. The molecule has 1 heterocycles. The smallest absolute Gasteiger partial charge is 0.124 e. The highest BCUT2D eigenvalue weighted by atomic mass is 35.5. The highest BCUT2D eigenvalue weighted by Gasteiger charge is 2.23. The van der Waals surface area contributed by atoms with Crippen LogP contribution >= 0.6 is 23.2 Å². The molecule has 0 amide bonds. The van der Waals surface area contributed by atoms with E-state index in [9.17, 15) is 0 Å². The highest BCUT2D eigenvalue weighted by Crippen LogP contribution is 2.32. The number of ether oxygens (including phenoxy) is 1. The van der Waals surface area contributed by atoms with Crippen LogP contribution in [-0.4, -0.2) is 6.61 Å². The summed E-state index contributed by atoms with van der Waals surface area (Å²) in [4.78, 5) is 0. The predicted octanol–water partition coefficient (Wildman–Crippen LogP) is 4.22. The third kappa shape index (κ3) is 2.57. The Morgan fingerprint density at radius 2 is 1.79 bits per heavy atom. The minimum absolute atomic E-state index is 0.184. The maximum atomic E-state index is 6.16. The number of fused-ring (bicyclic) bond motifs is 1. The van der Waals surface area contributed by atoms with Crippen molar-refractivity contribution in [3.8, 4) is 5.75 Å². The van der Waals surface area contributed by atoms with Gasteiger partial charge in [0.2, 0.25) is 0 Å². The van der Waals surface area contributed by atoms with E-state index in [0.717, 1.165) is 11.3 Å². The Kier molecular flexibility index (Phi) is 3.65. The van der Waals surface area contributed by atoms with Gasteiger partial charge >= 0.3 is 0 Å². The van der Waals surface area contributed by atoms with Crippen molar-refractivity contribution in [2.75, 3.05) is 6.61 Å². The Hall–Kier alpha value is -1.22. The quantitative estimate of drug-likeness (QED) is 0.915. The van der Waals surface area contributed by atoms with Gasteiger partial charge in [0.25, 0.3) is 0 Å². The Bertz CT molecular complexity index is 580. The van der Waals surface area contributed by atoms with Crippen LogP contribution in [0.2, 0.25) is 10.0 Å². The number of halogens is 2. The molecule has 1 N–H and O–H groups in total. The third-order valence-corrected chi connectivity index (χ3v) is 4.00. The van der Waals surface area contributed by atoms with Gasteiger partial charge in [0.05, 0.1) is 6.04 Å². The molecule has 0 spiro atoms. The van der Waals surface area contributed by atoms with Crippen LogP contribution < -0.4 is 10.1 Å². The Balaban J connectivity index is 1.75. The van der Waals surface area contributed by atoms with E-state index in [4.69, 9.17) is 27.9 Å². The van der Waals surface area contributed by atoms with Gasteiger partial charge in [0.1, 0.15) is 12.4 Å². The number of benzene rings is 2. The molecule has 1 unspecified atom stereocenters. The summed E-state index contributed by atoms with van der Waals surface area (Å²) in [6, 6.07) is 13.8. The Labute approximate surface area is 122 Å². The molecule has 0 radical (unpaired) electrons. The summed E-state index contributed by atoms with van der Waals surface area (Å²) in [7, 11) is 0. The van der Waals surface area contributed by atoms with Gasteiger partial charge in [0, 0.05) is 27.7 Å². The monoisotopic (exact) mass is 293 g/mol. The molecule has 2 aromatic rings. The van der Waals surface area contributed by atoms with Crippen LogP contribution in [-0.2, 0) is 6.54 Å². The molecule has 1 aliphatic heterocycles. The fourth-order valence-corrected chi connectivity index (χ4v) is 2.79. The molecule has 2 aromatic carbocycles. The van der Waals surface area contributed by atoms with E-state index in [1.165, 1.54) is 5.56 Å². The lowest BCUT2D eigenvalue weighted by molar-refractivity contribution is 0.310. The fourth-order valence-electron chi connectivity index (χ4n) is 2.26. The second kappa shape index (κ2) is 5.41. The van der Waals surface area contributed by atoms with Gasteiger partial charge in [-0.3, -0.25) is 0 Å².